The van der Waals surface area contributed by atoms with Crippen LogP contribution in [0.15, 0.2) is 47.9 Å². The van der Waals surface area contributed by atoms with Crippen molar-refractivity contribution in [1.29, 1.82) is 0 Å². The van der Waals surface area contributed by atoms with Crippen LogP contribution in [0, 0.1) is 5.82 Å². The summed E-state index contributed by atoms with van der Waals surface area (Å²) in [5, 5.41) is 8.95. The molecule has 1 aromatic heterocycles. The Bertz CT molecular complexity index is 1170. The van der Waals surface area contributed by atoms with Crippen molar-refractivity contribution in [2.24, 2.45) is 0 Å². The van der Waals surface area contributed by atoms with Gasteiger partial charge in [-0.1, -0.05) is 18.3 Å². The Balaban J connectivity index is 1.53. The molecule has 0 radical (unpaired) electrons. The smallest absolute Gasteiger partial charge is 0.256 e. The molecule has 1 fully saturated rings. The molecule has 4 rings (SSSR count). The first kappa shape index (κ1) is 26.9. The number of pyridine rings is 1. The molecule has 2 aliphatic heterocycles. The summed E-state index contributed by atoms with van der Waals surface area (Å²) < 4.78 is 51.9. The second kappa shape index (κ2) is 12.4. The van der Waals surface area contributed by atoms with Gasteiger partial charge in [-0.3, -0.25) is 9.78 Å². The maximum atomic E-state index is 14.3. The molecule has 11 heteroatoms. The highest BCUT2D eigenvalue weighted by molar-refractivity contribution is 7.81. The number of anilines is 1. The summed E-state index contributed by atoms with van der Waals surface area (Å²) in [4.78, 5) is 17.1. The Kier molecular flexibility index (Phi) is 8.99. The molecule has 2 atom stereocenters. The third-order valence-electron chi connectivity index (χ3n) is 6.18. The van der Waals surface area contributed by atoms with Gasteiger partial charge in [0.1, 0.15) is 23.2 Å². The second-order valence-electron chi connectivity index (χ2n) is 9.03. The SMILES string of the molecule is CC1CC(NCc2ccncc2OCC2CCCO2)=C(C(=S)Nc2cccc(F)c2CC(F)F)C(=O)N1. The van der Waals surface area contributed by atoms with Crippen molar-refractivity contribution in [3.8, 4) is 5.75 Å². The van der Waals surface area contributed by atoms with Crippen LogP contribution >= 0.6 is 12.2 Å². The number of halogens is 3. The van der Waals surface area contributed by atoms with Gasteiger partial charge in [-0.25, -0.2) is 13.2 Å². The number of alkyl halides is 2. The number of ether oxygens (including phenoxy) is 2. The van der Waals surface area contributed by atoms with E-state index >= 15 is 0 Å². The molecule has 1 amide bonds. The van der Waals surface area contributed by atoms with Crippen molar-refractivity contribution < 1.29 is 27.4 Å². The zero-order valence-corrected chi connectivity index (χ0v) is 21.2. The van der Waals surface area contributed by atoms with Crippen LogP contribution in [0.1, 0.15) is 37.3 Å². The maximum Gasteiger partial charge on any atom is 0.256 e. The predicted octanol–water partition coefficient (Wildman–Crippen LogP) is 4.28. The number of hydrogen-bond donors (Lipinski definition) is 3. The molecule has 2 aromatic rings. The lowest BCUT2D eigenvalue weighted by atomic mass is 10.0. The molecule has 2 aliphatic rings. The largest absolute Gasteiger partial charge is 0.489 e. The van der Waals surface area contributed by atoms with Crippen molar-refractivity contribution in [1.82, 2.24) is 15.6 Å². The van der Waals surface area contributed by atoms with Crippen molar-refractivity contribution in [2.45, 2.75) is 57.7 Å². The minimum atomic E-state index is -2.74. The first-order valence-electron chi connectivity index (χ1n) is 12.1. The van der Waals surface area contributed by atoms with Crippen molar-refractivity contribution in [2.75, 3.05) is 18.5 Å². The topological polar surface area (TPSA) is 84.5 Å². The fraction of sp³-hybridized carbons (Fsp3) is 0.423. The molecule has 0 saturated carbocycles. The van der Waals surface area contributed by atoms with Gasteiger partial charge in [-0.15, -0.1) is 0 Å². The number of amides is 1. The van der Waals surface area contributed by atoms with Gasteiger partial charge < -0.3 is 25.4 Å². The molecule has 1 aromatic carbocycles. The predicted molar refractivity (Wildman–Crippen MR) is 137 cm³/mol. The summed E-state index contributed by atoms with van der Waals surface area (Å²) in [6.45, 7) is 3.36. The number of carbonyl (C=O) groups is 1. The van der Waals surface area contributed by atoms with Crippen LogP contribution in [-0.2, 0) is 22.5 Å². The fourth-order valence-corrected chi connectivity index (χ4v) is 4.69. The summed E-state index contributed by atoms with van der Waals surface area (Å²) >= 11 is 5.50. The average molecular weight is 535 g/mol. The quantitative estimate of drug-likeness (QED) is 0.393. The van der Waals surface area contributed by atoms with Gasteiger partial charge in [0.25, 0.3) is 5.91 Å². The van der Waals surface area contributed by atoms with Crippen LogP contribution in [0.3, 0.4) is 0 Å². The van der Waals surface area contributed by atoms with Crippen LogP contribution in [0.2, 0.25) is 0 Å². The van der Waals surface area contributed by atoms with E-state index in [0.717, 1.165) is 31.1 Å². The van der Waals surface area contributed by atoms with Crippen molar-refractivity contribution in [3.63, 3.8) is 0 Å². The third kappa shape index (κ3) is 6.98. The lowest BCUT2D eigenvalue weighted by Gasteiger charge is -2.27. The molecule has 0 bridgehead atoms. The number of benzene rings is 1. The van der Waals surface area contributed by atoms with E-state index in [9.17, 15) is 18.0 Å². The van der Waals surface area contributed by atoms with Crippen molar-refractivity contribution in [3.05, 3.63) is 64.9 Å². The van der Waals surface area contributed by atoms with Gasteiger partial charge >= 0.3 is 0 Å². The van der Waals surface area contributed by atoms with Gasteiger partial charge in [0.15, 0.2) is 0 Å². The minimum Gasteiger partial charge on any atom is -0.489 e. The average Bonchev–Trinajstić information content (AvgIpc) is 3.37. The molecular weight excluding hydrogens is 505 g/mol. The van der Waals surface area contributed by atoms with E-state index in [4.69, 9.17) is 21.7 Å². The van der Waals surface area contributed by atoms with Crippen LogP contribution in [0.5, 0.6) is 5.75 Å². The second-order valence-corrected chi connectivity index (χ2v) is 9.44. The highest BCUT2D eigenvalue weighted by atomic mass is 32.1. The van der Waals surface area contributed by atoms with E-state index in [0.29, 0.717) is 31.0 Å². The van der Waals surface area contributed by atoms with Gasteiger partial charge in [0.2, 0.25) is 6.43 Å². The number of nitrogens with one attached hydrogen (secondary N) is 3. The maximum absolute atomic E-state index is 14.3. The van der Waals surface area contributed by atoms with Crippen LogP contribution in [0.4, 0.5) is 18.9 Å². The summed E-state index contributed by atoms with van der Waals surface area (Å²) in [6, 6.07) is 5.63. The number of rotatable bonds is 10. The number of nitrogens with zero attached hydrogens (tertiary/aromatic N) is 1. The first-order valence-corrected chi connectivity index (χ1v) is 12.5. The summed E-state index contributed by atoms with van der Waals surface area (Å²) in [6.07, 6.45) is 2.26. The molecule has 3 N–H and O–H groups in total. The lowest BCUT2D eigenvalue weighted by Crippen LogP contribution is -2.44. The zero-order chi connectivity index (χ0) is 26.4. The summed E-state index contributed by atoms with van der Waals surface area (Å²) in [5.74, 6) is -0.566. The van der Waals surface area contributed by atoms with E-state index in [1.165, 1.54) is 12.1 Å². The molecule has 0 aliphatic carbocycles. The van der Waals surface area contributed by atoms with Gasteiger partial charge in [0.05, 0.1) is 17.9 Å². The van der Waals surface area contributed by atoms with Gasteiger partial charge in [-0.05, 0) is 38.0 Å². The summed E-state index contributed by atoms with van der Waals surface area (Å²) in [7, 11) is 0. The van der Waals surface area contributed by atoms with Crippen LogP contribution in [0.25, 0.3) is 0 Å². The Morgan fingerprint density at radius 3 is 2.95 bits per heavy atom. The first-order chi connectivity index (χ1) is 17.8. The molecule has 2 unspecified atom stereocenters. The van der Waals surface area contributed by atoms with E-state index in [1.54, 1.807) is 12.4 Å². The minimum absolute atomic E-state index is 0.0117. The lowest BCUT2D eigenvalue weighted by molar-refractivity contribution is -0.118. The highest BCUT2D eigenvalue weighted by Gasteiger charge is 2.28. The fourth-order valence-electron chi connectivity index (χ4n) is 4.36. The number of aromatic nitrogens is 1. The molecule has 37 heavy (non-hydrogen) atoms. The standard InChI is InChI=1S/C26H29F3N4O3S/c1-15-10-21(31-12-16-7-8-30-13-22(16)36-14-17-4-3-9-35-17)24(25(34)32-15)26(37)33-20-6-2-5-19(27)18(20)11-23(28)29/h2,5-8,13,15,17,23,31H,3-4,9-12,14H2,1H3,(H,32,34)(H,33,37). The molecule has 3 heterocycles. The van der Waals surface area contributed by atoms with E-state index in [2.05, 4.69) is 20.9 Å². The number of carbonyl (C=O) groups excluding carboxylic acids is 1. The van der Waals surface area contributed by atoms with Gasteiger partial charge in [0, 0.05) is 60.7 Å². The number of thiocarbonyl (C=S) groups is 1. The molecule has 7 nitrogen and oxygen atoms in total. The Hall–Kier alpha value is -3.18. The Labute approximate surface area is 218 Å². The van der Waals surface area contributed by atoms with E-state index in [1.807, 2.05) is 13.0 Å². The molecule has 0 spiro atoms. The molecule has 198 valence electrons. The molecule has 1 saturated heterocycles. The summed E-state index contributed by atoms with van der Waals surface area (Å²) in [5.41, 5.74) is 1.51. The number of hydrogen-bond acceptors (Lipinski definition) is 6. The monoisotopic (exact) mass is 534 g/mol. The van der Waals surface area contributed by atoms with Crippen molar-refractivity contribution >= 4 is 28.8 Å². The van der Waals surface area contributed by atoms with Gasteiger partial charge in [-0.2, -0.15) is 0 Å². The third-order valence-corrected chi connectivity index (χ3v) is 6.49. The normalized spacial score (nSPS) is 19.6. The van der Waals surface area contributed by atoms with E-state index in [-0.39, 0.29) is 34.0 Å². The Morgan fingerprint density at radius 1 is 1.35 bits per heavy atom. The Morgan fingerprint density at radius 2 is 2.19 bits per heavy atom. The zero-order valence-electron chi connectivity index (χ0n) is 20.4. The molecular formula is C26H29F3N4O3S. The van der Waals surface area contributed by atoms with Crippen LogP contribution < -0.4 is 20.7 Å². The van der Waals surface area contributed by atoms with E-state index < -0.39 is 24.6 Å². The highest BCUT2D eigenvalue weighted by Crippen LogP contribution is 2.26. The van der Waals surface area contributed by atoms with Crippen LogP contribution in [-0.4, -0.2) is 47.7 Å².